The molecule has 0 fully saturated rings. The van der Waals surface area contributed by atoms with Gasteiger partial charge < -0.3 is 5.32 Å². The molecule has 0 unspecified atom stereocenters. The topological polar surface area (TPSA) is 108 Å². The highest BCUT2D eigenvalue weighted by atomic mass is 32.1. The molecule has 0 saturated heterocycles. The van der Waals surface area contributed by atoms with Crippen molar-refractivity contribution >= 4 is 51.6 Å². The number of aromatic nitrogens is 2. The Morgan fingerprint density at radius 2 is 1.92 bits per heavy atom. The van der Waals surface area contributed by atoms with E-state index in [4.69, 9.17) is 0 Å². The Balaban J connectivity index is 1.46. The average molecular weight is 386 g/mol. The number of nitrogens with zero attached hydrogens (tertiary/aromatic N) is 3. The third-order valence-electron chi connectivity index (χ3n) is 2.95. The Morgan fingerprint density at radius 1 is 1.08 bits per heavy atom. The summed E-state index contributed by atoms with van der Waals surface area (Å²) in [4.78, 5) is 24.7. The Hall–Kier alpha value is -3.11. The number of rotatable bonds is 6. The van der Waals surface area contributed by atoms with E-state index >= 15 is 0 Å². The number of hydrazone groups is 1. The molecule has 0 aliphatic heterocycles. The Labute approximate surface area is 157 Å². The van der Waals surface area contributed by atoms with Gasteiger partial charge in [-0.15, -0.1) is 21.5 Å². The number of carbonyl (C=O) groups is 2. The largest absolute Gasteiger partial charge is 0.325 e. The van der Waals surface area contributed by atoms with E-state index in [2.05, 4.69) is 31.4 Å². The van der Waals surface area contributed by atoms with Gasteiger partial charge in [-0.2, -0.15) is 5.10 Å². The molecule has 3 aromatic rings. The first kappa shape index (κ1) is 17.7. The van der Waals surface area contributed by atoms with Crippen LogP contribution in [0.1, 0.15) is 9.88 Å². The number of anilines is 2. The predicted octanol–water partition coefficient (Wildman–Crippen LogP) is 2.94. The van der Waals surface area contributed by atoms with Crippen LogP contribution < -0.4 is 16.1 Å². The second kappa shape index (κ2) is 8.83. The van der Waals surface area contributed by atoms with Gasteiger partial charge in [0.2, 0.25) is 11.0 Å². The van der Waals surface area contributed by atoms with Crippen molar-refractivity contribution in [3.8, 4) is 0 Å². The first-order valence-corrected chi connectivity index (χ1v) is 9.19. The summed E-state index contributed by atoms with van der Waals surface area (Å²) in [5.41, 5.74) is 3.09. The average Bonchev–Trinajstić information content (AvgIpc) is 3.28. The minimum absolute atomic E-state index is 0.0292. The summed E-state index contributed by atoms with van der Waals surface area (Å²) in [5, 5.41) is 19.6. The minimum atomic E-state index is -0.427. The number of benzene rings is 1. The standard InChI is InChI=1S/C16H14N6O2S2/c23-13(20-17-10-12-7-4-8-25-12)9-14-21-22-16(26-14)19-15(24)18-11-5-2-1-3-6-11/h1-8,10H,9H2,(H,20,23)(H2,18,19,22,24)/b17-10+. The summed E-state index contributed by atoms with van der Waals surface area (Å²) in [5.74, 6) is -0.311. The summed E-state index contributed by atoms with van der Waals surface area (Å²) in [7, 11) is 0. The van der Waals surface area contributed by atoms with Gasteiger partial charge in [-0.25, -0.2) is 10.2 Å². The summed E-state index contributed by atoms with van der Waals surface area (Å²) in [6.07, 6.45) is 1.60. The van der Waals surface area contributed by atoms with Gasteiger partial charge in [0.25, 0.3) is 0 Å². The molecule has 10 heteroatoms. The van der Waals surface area contributed by atoms with Gasteiger partial charge in [0.1, 0.15) is 5.01 Å². The molecule has 2 aromatic heterocycles. The van der Waals surface area contributed by atoms with E-state index in [1.807, 2.05) is 35.7 Å². The highest BCUT2D eigenvalue weighted by molar-refractivity contribution is 7.15. The van der Waals surface area contributed by atoms with Crippen molar-refractivity contribution < 1.29 is 9.59 Å². The number of hydrogen-bond acceptors (Lipinski definition) is 7. The molecule has 0 aliphatic rings. The molecular weight excluding hydrogens is 372 g/mol. The first-order chi connectivity index (χ1) is 12.7. The van der Waals surface area contributed by atoms with E-state index in [0.717, 1.165) is 16.2 Å². The van der Waals surface area contributed by atoms with Gasteiger partial charge in [-0.1, -0.05) is 35.6 Å². The summed E-state index contributed by atoms with van der Waals surface area (Å²) >= 11 is 2.65. The fraction of sp³-hybridized carbons (Fsp3) is 0.0625. The van der Waals surface area contributed by atoms with E-state index in [1.54, 1.807) is 18.3 Å². The quantitative estimate of drug-likeness (QED) is 0.447. The number of carbonyl (C=O) groups excluding carboxylic acids is 2. The molecule has 0 radical (unpaired) electrons. The predicted molar refractivity (Wildman–Crippen MR) is 103 cm³/mol. The molecule has 0 bridgehead atoms. The van der Waals surface area contributed by atoms with Crippen LogP contribution in [0.3, 0.4) is 0 Å². The van der Waals surface area contributed by atoms with Gasteiger partial charge in [-0.3, -0.25) is 10.1 Å². The maximum atomic E-state index is 11.9. The molecule has 3 rings (SSSR count). The second-order valence-corrected chi connectivity index (χ2v) is 6.97. The minimum Gasteiger partial charge on any atom is -0.308 e. The van der Waals surface area contributed by atoms with Crippen molar-refractivity contribution in [1.82, 2.24) is 15.6 Å². The lowest BCUT2D eigenvalue weighted by Gasteiger charge is -2.03. The number of urea groups is 1. The molecular formula is C16H14N6O2S2. The lowest BCUT2D eigenvalue weighted by molar-refractivity contribution is -0.120. The van der Waals surface area contributed by atoms with Crippen molar-refractivity contribution in [3.63, 3.8) is 0 Å². The van der Waals surface area contributed by atoms with E-state index in [-0.39, 0.29) is 12.3 Å². The lowest BCUT2D eigenvalue weighted by atomic mass is 10.3. The molecule has 2 heterocycles. The zero-order valence-electron chi connectivity index (χ0n) is 13.4. The molecule has 1 aromatic carbocycles. The van der Waals surface area contributed by atoms with Gasteiger partial charge in [0.05, 0.1) is 12.6 Å². The van der Waals surface area contributed by atoms with Gasteiger partial charge in [0.15, 0.2) is 0 Å². The highest BCUT2D eigenvalue weighted by Crippen LogP contribution is 2.16. The fourth-order valence-corrected chi connectivity index (χ4v) is 3.18. The molecule has 0 spiro atoms. The maximum Gasteiger partial charge on any atom is 0.325 e. The van der Waals surface area contributed by atoms with E-state index in [9.17, 15) is 9.59 Å². The number of nitrogens with one attached hydrogen (secondary N) is 3. The molecule has 8 nitrogen and oxygen atoms in total. The third-order valence-corrected chi connectivity index (χ3v) is 4.60. The zero-order chi connectivity index (χ0) is 18.2. The molecule has 132 valence electrons. The number of amides is 3. The van der Waals surface area contributed by atoms with Crippen LogP contribution in [-0.2, 0) is 11.2 Å². The van der Waals surface area contributed by atoms with Crippen molar-refractivity contribution in [2.75, 3.05) is 10.6 Å². The molecule has 3 N–H and O–H groups in total. The van der Waals surface area contributed by atoms with E-state index in [1.165, 1.54) is 11.3 Å². The molecule has 0 aliphatic carbocycles. The van der Waals surface area contributed by atoms with Gasteiger partial charge in [-0.05, 0) is 23.6 Å². The van der Waals surface area contributed by atoms with Crippen LogP contribution in [0.15, 0.2) is 52.9 Å². The fourth-order valence-electron chi connectivity index (χ4n) is 1.87. The third kappa shape index (κ3) is 5.46. The zero-order valence-corrected chi connectivity index (χ0v) is 15.0. The molecule has 0 atom stereocenters. The van der Waals surface area contributed by atoms with Gasteiger partial charge >= 0.3 is 6.03 Å². The Bertz CT molecular complexity index is 893. The SMILES string of the molecule is O=C(Cc1nnc(NC(=O)Nc2ccccc2)s1)N/N=C/c1cccs1. The Morgan fingerprint density at radius 3 is 2.69 bits per heavy atom. The van der Waals surface area contributed by atoms with Crippen molar-refractivity contribution in [1.29, 1.82) is 0 Å². The van der Waals surface area contributed by atoms with E-state index in [0.29, 0.717) is 15.8 Å². The van der Waals surface area contributed by atoms with Crippen LogP contribution in [0, 0.1) is 0 Å². The second-order valence-electron chi connectivity index (χ2n) is 4.93. The number of para-hydroxylation sites is 1. The maximum absolute atomic E-state index is 11.9. The van der Waals surface area contributed by atoms with Crippen LogP contribution in [-0.4, -0.2) is 28.4 Å². The summed E-state index contributed by atoms with van der Waals surface area (Å²) in [6, 6.07) is 12.4. The van der Waals surface area contributed by atoms with Crippen molar-refractivity contribution in [2.45, 2.75) is 6.42 Å². The van der Waals surface area contributed by atoms with Crippen molar-refractivity contribution in [2.24, 2.45) is 5.10 Å². The van der Waals surface area contributed by atoms with Crippen LogP contribution in [0.25, 0.3) is 0 Å². The van der Waals surface area contributed by atoms with E-state index < -0.39 is 6.03 Å². The van der Waals surface area contributed by atoms with Crippen LogP contribution in [0.5, 0.6) is 0 Å². The first-order valence-electron chi connectivity index (χ1n) is 7.50. The lowest BCUT2D eigenvalue weighted by Crippen LogP contribution is -2.19. The summed E-state index contributed by atoms with van der Waals surface area (Å²) < 4.78 is 0. The van der Waals surface area contributed by atoms with Crippen LogP contribution in [0.2, 0.25) is 0 Å². The van der Waals surface area contributed by atoms with Crippen molar-refractivity contribution in [3.05, 3.63) is 57.7 Å². The van der Waals surface area contributed by atoms with Crippen LogP contribution >= 0.6 is 22.7 Å². The molecule has 0 saturated carbocycles. The van der Waals surface area contributed by atoms with Crippen LogP contribution in [0.4, 0.5) is 15.6 Å². The number of hydrogen-bond donors (Lipinski definition) is 3. The monoisotopic (exact) mass is 386 g/mol. The molecule has 26 heavy (non-hydrogen) atoms. The smallest absolute Gasteiger partial charge is 0.308 e. The Kier molecular flexibility index (Phi) is 6.01. The summed E-state index contributed by atoms with van der Waals surface area (Å²) in [6.45, 7) is 0. The highest BCUT2D eigenvalue weighted by Gasteiger charge is 2.11. The van der Waals surface area contributed by atoms with Gasteiger partial charge in [0, 0.05) is 10.6 Å². The normalized spacial score (nSPS) is 10.6. The number of thiophene rings is 1. The molecule has 3 amide bonds.